The monoisotopic (exact) mass is 258 g/mol. The Labute approximate surface area is 113 Å². The predicted octanol–water partition coefficient (Wildman–Crippen LogP) is 2.85. The van der Waals surface area contributed by atoms with E-state index in [0.29, 0.717) is 12.5 Å². The summed E-state index contributed by atoms with van der Waals surface area (Å²) in [6.07, 6.45) is 1.71. The molecule has 2 rings (SSSR count). The first-order valence-corrected chi connectivity index (χ1v) is 6.13. The molecule has 1 heterocycles. The second-order valence-electron chi connectivity index (χ2n) is 4.17. The molecule has 1 N–H and O–H groups in total. The minimum atomic E-state index is 0.607. The highest BCUT2D eigenvalue weighted by atomic mass is 16.5. The first-order valence-electron chi connectivity index (χ1n) is 6.13. The van der Waals surface area contributed by atoms with Gasteiger partial charge in [-0.2, -0.15) is 0 Å². The molecule has 0 saturated heterocycles. The average molecular weight is 258 g/mol. The number of rotatable bonds is 6. The maximum atomic E-state index is 5.20. The van der Waals surface area contributed by atoms with Gasteiger partial charge >= 0.3 is 0 Å². The van der Waals surface area contributed by atoms with Crippen molar-refractivity contribution in [2.75, 3.05) is 19.5 Å². The van der Waals surface area contributed by atoms with Crippen molar-refractivity contribution in [2.45, 2.75) is 13.2 Å². The van der Waals surface area contributed by atoms with E-state index >= 15 is 0 Å². The van der Waals surface area contributed by atoms with Gasteiger partial charge in [0.2, 0.25) is 5.88 Å². The zero-order valence-electron chi connectivity index (χ0n) is 11.2. The van der Waals surface area contributed by atoms with Crippen LogP contribution in [0.1, 0.15) is 11.1 Å². The van der Waals surface area contributed by atoms with Crippen LogP contribution in [0, 0.1) is 0 Å². The molecule has 0 unspecified atom stereocenters. The number of hydrogen-bond acceptors (Lipinski definition) is 4. The van der Waals surface area contributed by atoms with Crippen molar-refractivity contribution in [2.24, 2.45) is 0 Å². The lowest BCUT2D eigenvalue weighted by Gasteiger charge is -2.10. The van der Waals surface area contributed by atoms with E-state index in [2.05, 4.69) is 28.5 Å². The molecule has 0 fully saturated rings. The maximum absolute atomic E-state index is 5.20. The Morgan fingerprint density at radius 1 is 1.11 bits per heavy atom. The lowest BCUT2D eigenvalue weighted by molar-refractivity contribution is 0.185. The van der Waals surface area contributed by atoms with Crippen molar-refractivity contribution in [3.63, 3.8) is 0 Å². The Morgan fingerprint density at radius 3 is 2.74 bits per heavy atom. The molecule has 0 bridgehead atoms. The van der Waals surface area contributed by atoms with E-state index in [9.17, 15) is 0 Å². The first-order chi connectivity index (χ1) is 9.33. The van der Waals surface area contributed by atoms with E-state index in [1.54, 1.807) is 20.4 Å². The number of pyridine rings is 1. The Kier molecular flexibility index (Phi) is 4.75. The number of anilines is 1. The van der Waals surface area contributed by atoms with Crippen molar-refractivity contribution in [1.29, 1.82) is 0 Å². The topological polar surface area (TPSA) is 43.4 Å². The van der Waals surface area contributed by atoms with E-state index in [0.717, 1.165) is 12.2 Å². The highest BCUT2D eigenvalue weighted by Crippen LogP contribution is 2.20. The molecule has 0 atom stereocenters. The van der Waals surface area contributed by atoms with Gasteiger partial charge < -0.3 is 14.8 Å². The normalized spacial score (nSPS) is 10.2. The zero-order valence-corrected chi connectivity index (χ0v) is 11.2. The number of methoxy groups -OCH3 is 2. The molecule has 1 aromatic carbocycles. The van der Waals surface area contributed by atoms with Gasteiger partial charge in [0, 0.05) is 19.9 Å². The van der Waals surface area contributed by atoms with Crippen molar-refractivity contribution >= 4 is 5.69 Å². The van der Waals surface area contributed by atoms with Crippen LogP contribution in [0.2, 0.25) is 0 Å². The SMILES string of the molecule is COCc1cccc(CNc2cccnc2OC)c1. The van der Waals surface area contributed by atoms with Crippen LogP contribution in [0.4, 0.5) is 5.69 Å². The second kappa shape index (κ2) is 6.75. The largest absolute Gasteiger partial charge is 0.480 e. The quantitative estimate of drug-likeness (QED) is 0.865. The van der Waals surface area contributed by atoms with Gasteiger partial charge in [0.15, 0.2) is 0 Å². The minimum Gasteiger partial charge on any atom is -0.480 e. The smallest absolute Gasteiger partial charge is 0.237 e. The summed E-state index contributed by atoms with van der Waals surface area (Å²) in [5.74, 6) is 0.607. The molecule has 0 aliphatic carbocycles. The average Bonchev–Trinajstić information content (AvgIpc) is 2.46. The molecule has 0 aliphatic heterocycles. The van der Waals surface area contributed by atoms with Gasteiger partial charge in [-0.1, -0.05) is 24.3 Å². The number of aromatic nitrogens is 1. The van der Waals surface area contributed by atoms with Crippen molar-refractivity contribution in [1.82, 2.24) is 4.98 Å². The molecule has 0 radical (unpaired) electrons. The summed E-state index contributed by atoms with van der Waals surface area (Å²) in [4.78, 5) is 4.15. The van der Waals surface area contributed by atoms with Gasteiger partial charge in [-0.3, -0.25) is 0 Å². The van der Waals surface area contributed by atoms with Crippen molar-refractivity contribution < 1.29 is 9.47 Å². The first kappa shape index (κ1) is 13.4. The molecule has 0 aliphatic rings. The minimum absolute atomic E-state index is 0.607. The third-order valence-corrected chi connectivity index (χ3v) is 2.75. The molecule has 4 heteroatoms. The van der Waals surface area contributed by atoms with Crippen LogP contribution >= 0.6 is 0 Å². The van der Waals surface area contributed by atoms with Crippen LogP contribution in [0.25, 0.3) is 0 Å². The zero-order chi connectivity index (χ0) is 13.5. The molecular formula is C15H18N2O2. The molecule has 100 valence electrons. The van der Waals surface area contributed by atoms with Crippen molar-refractivity contribution in [3.05, 3.63) is 53.7 Å². The second-order valence-corrected chi connectivity index (χ2v) is 4.17. The van der Waals surface area contributed by atoms with Gasteiger partial charge in [-0.15, -0.1) is 0 Å². The number of nitrogens with zero attached hydrogens (tertiary/aromatic N) is 1. The maximum Gasteiger partial charge on any atom is 0.237 e. The summed E-state index contributed by atoms with van der Waals surface area (Å²) < 4.78 is 10.3. The molecule has 0 amide bonds. The van der Waals surface area contributed by atoms with Crippen LogP contribution in [0.3, 0.4) is 0 Å². The fourth-order valence-electron chi connectivity index (χ4n) is 1.88. The summed E-state index contributed by atoms with van der Waals surface area (Å²) in [7, 11) is 3.32. The van der Waals surface area contributed by atoms with Crippen molar-refractivity contribution in [3.8, 4) is 5.88 Å². The number of benzene rings is 1. The van der Waals surface area contributed by atoms with Gasteiger partial charge in [0.25, 0.3) is 0 Å². The fraction of sp³-hybridized carbons (Fsp3) is 0.267. The van der Waals surface area contributed by atoms with Gasteiger partial charge in [-0.05, 0) is 23.3 Å². The summed E-state index contributed by atoms with van der Waals surface area (Å²) in [5, 5.41) is 3.32. The van der Waals surface area contributed by atoms with Crippen LogP contribution < -0.4 is 10.1 Å². The van der Waals surface area contributed by atoms with E-state index in [-0.39, 0.29) is 0 Å². The summed E-state index contributed by atoms with van der Waals surface area (Å²) in [6.45, 7) is 1.35. The van der Waals surface area contributed by atoms with E-state index in [1.807, 2.05) is 18.2 Å². The number of nitrogens with one attached hydrogen (secondary N) is 1. The van der Waals surface area contributed by atoms with Gasteiger partial charge in [0.05, 0.1) is 19.4 Å². The van der Waals surface area contributed by atoms with Crippen LogP contribution in [0.15, 0.2) is 42.6 Å². The Balaban J connectivity index is 2.03. The molecule has 4 nitrogen and oxygen atoms in total. The standard InChI is InChI=1S/C15H18N2O2/c1-18-11-13-6-3-5-12(9-13)10-17-14-7-4-8-16-15(14)19-2/h3-9,17H,10-11H2,1-2H3. The molecule has 0 saturated carbocycles. The highest BCUT2D eigenvalue weighted by molar-refractivity contribution is 5.52. The molecule has 19 heavy (non-hydrogen) atoms. The van der Waals surface area contributed by atoms with Crippen LogP contribution in [0.5, 0.6) is 5.88 Å². The molecule has 1 aromatic heterocycles. The molecule has 0 spiro atoms. The Morgan fingerprint density at radius 2 is 1.95 bits per heavy atom. The lowest BCUT2D eigenvalue weighted by atomic mass is 10.1. The van der Waals surface area contributed by atoms with E-state index in [4.69, 9.17) is 9.47 Å². The predicted molar refractivity (Wildman–Crippen MR) is 75.3 cm³/mol. The number of hydrogen-bond donors (Lipinski definition) is 1. The molecular weight excluding hydrogens is 240 g/mol. The summed E-state index contributed by atoms with van der Waals surface area (Å²) in [5.41, 5.74) is 3.25. The summed E-state index contributed by atoms with van der Waals surface area (Å²) in [6, 6.07) is 12.1. The molecule has 2 aromatic rings. The third kappa shape index (κ3) is 3.69. The highest BCUT2D eigenvalue weighted by Gasteiger charge is 2.02. The number of ether oxygens (including phenoxy) is 2. The Bertz CT molecular complexity index is 529. The lowest BCUT2D eigenvalue weighted by Crippen LogP contribution is -2.02. The van der Waals surface area contributed by atoms with Crippen LogP contribution in [-0.2, 0) is 17.9 Å². The third-order valence-electron chi connectivity index (χ3n) is 2.75. The van der Waals surface area contributed by atoms with E-state index in [1.165, 1.54) is 11.1 Å². The van der Waals surface area contributed by atoms with Crippen LogP contribution in [-0.4, -0.2) is 19.2 Å². The Hall–Kier alpha value is -2.07. The van der Waals surface area contributed by atoms with Gasteiger partial charge in [0.1, 0.15) is 0 Å². The fourth-order valence-corrected chi connectivity index (χ4v) is 1.88. The van der Waals surface area contributed by atoms with Gasteiger partial charge in [-0.25, -0.2) is 4.98 Å². The van der Waals surface area contributed by atoms with E-state index < -0.39 is 0 Å². The summed E-state index contributed by atoms with van der Waals surface area (Å²) >= 11 is 0.